The fourth-order valence-corrected chi connectivity index (χ4v) is 5.05. The average Bonchev–Trinajstić information content (AvgIpc) is 3.31. The monoisotopic (exact) mass is 479 g/mol. The first-order chi connectivity index (χ1) is 16.6. The summed E-state index contributed by atoms with van der Waals surface area (Å²) < 4.78 is 8.15. The zero-order valence-corrected chi connectivity index (χ0v) is 21.0. The molecule has 1 aliphatic rings. The number of aromatic nitrogens is 3. The number of ether oxygens (including phenoxy) is 1. The number of thioether (sulfide) groups is 1. The molecule has 0 radical (unpaired) electrons. The number of carbonyl (C=O) groups is 1. The van der Waals surface area contributed by atoms with Crippen LogP contribution < -0.4 is 9.64 Å². The topological polar surface area (TPSA) is 63.5 Å². The van der Waals surface area contributed by atoms with E-state index in [2.05, 4.69) is 65.3 Å². The number of carbonyl (C=O) groups excluding carboxylic acids is 1. The van der Waals surface area contributed by atoms with Crippen LogP contribution in [-0.2, 0) is 17.8 Å². The van der Waals surface area contributed by atoms with Crippen molar-refractivity contribution in [3.63, 3.8) is 0 Å². The molecule has 0 saturated carbocycles. The number of hydrogen-bond acceptors (Lipinski definition) is 6. The first kappa shape index (κ1) is 24.1. The molecule has 0 unspecified atom stereocenters. The summed E-state index contributed by atoms with van der Waals surface area (Å²) in [5, 5.41) is 9.50. The van der Waals surface area contributed by atoms with Gasteiger partial charge in [-0.05, 0) is 50.1 Å². The Morgan fingerprint density at radius 3 is 2.35 bits per heavy atom. The van der Waals surface area contributed by atoms with Gasteiger partial charge in [-0.2, -0.15) is 0 Å². The van der Waals surface area contributed by atoms with Gasteiger partial charge in [-0.15, -0.1) is 10.2 Å². The Balaban J connectivity index is 1.31. The molecule has 0 N–H and O–H groups in total. The van der Waals surface area contributed by atoms with E-state index < -0.39 is 0 Å². The quantitative estimate of drug-likeness (QED) is 0.423. The highest BCUT2D eigenvalue weighted by Crippen LogP contribution is 2.25. The highest BCUT2D eigenvalue weighted by atomic mass is 32.2. The molecule has 1 fully saturated rings. The molecule has 34 heavy (non-hydrogen) atoms. The van der Waals surface area contributed by atoms with E-state index in [1.54, 1.807) is 0 Å². The van der Waals surface area contributed by atoms with Crippen LogP contribution in [0.5, 0.6) is 5.75 Å². The molecule has 180 valence electrons. The number of benzene rings is 2. The van der Waals surface area contributed by atoms with E-state index in [9.17, 15) is 4.79 Å². The number of para-hydroxylation sites is 1. The number of anilines is 1. The van der Waals surface area contributed by atoms with E-state index in [4.69, 9.17) is 4.74 Å². The molecule has 3 aromatic rings. The van der Waals surface area contributed by atoms with Crippen LogP contribution in [0.25, 0.3) is 0 Å². The van der Waals surface area contributed by atoms with E-state index in [1.165, 1.54) is 23.0 Å². The molecule has 8 heteroatoms. The molecule has 1 amide bonds. The Hall–Kier alpha value is -3.00. The molecule has 1 saturated heterocycles. The number of piperazine rings is 1. The van der Waals surface area contributed by atoms with Gasteiger partial charge < -0.3 is 19.1 Å². The van der Waals surface area contributed by atoms with Crippen molar-refractivity contribution in [3.8, 4) is 5.75 Å². The molecular weight excluding hydrogens is 446 g/mol. The number of rotatable bonds is 9. The van der Waals surface area contributed by atoms with Gasteiger partial charge in [-0.25, -0.2) is 0 Å². The van der Waals surface area contributed by atoms with Crippen LogP contribution in [0.1, 0.15) is 38.3 Å². The summed E-state index contributed by atoms with van der Waals surface area (Å²) in [5.41, 5.74) is 2.49. The van der Waals surface area contributed by atoms with Gasteiger partial charge >= 0.3 is 0 Å². The Bertz CT molecular complexity index is 1060. The van der Waals surface area contributed by atoms with Crippen LogP contribution in [-0.4, -0.2) is 57.5 Å². The standard InChI is InChI=1S/C26H33N5O2S/c1-4-21-11-13-23(14-12-21)33-20(3)25-27-28-26(31(25)5-2)34-19-24(32)30-17-15-29(16-18-30)22-9-7-6-8-10-22/h6-14,20H,4-5,15-19H2,1-3H3/t20-/m0/s1. The van der Waals surface area contributed by atoms with Crippen molar-refractivity contribution in [2.45, 2.75) is 45.0 Å². The van der Waals surface area contributed by atoms with Gasteiger partial charge in [0, 0.05) is 38.4 Å². The molecule has 1 aromatic heterocycles. The Morgan fingerprint density at radius 2 is 1.71 bits per heavy atom. The third kappa shape index (κ3) is 5.73. The van der Waals surface area contributed by atoms with Crippen molar-refractivity contribution in [2.75, 3.05) is 36.8 Å². The summed E-state index contributed by atoms with van der Waals surface area (Å²) in [7, 11) is 0. The molecular formula is C26H33N5O2S. The predicted octanol–water partition coefficient (Wildman–Crippen LogP) is 4.44. The fourth-order valence-electron chi connectivity index (χ4n) is 4.14. The maximum absolute atomic E-state index is 12.9. The first-order valence-corrected chi connectivity index (χ1v) is 13.0. The van der Waals surface area contributed by atoms with Gasteiger partial charge in [0.2, 0.25) is 5.91 Å². The lowest BCUT2D eigenvalue weighted by atomic mass is 10.2. The van der Waals surface area contributed by atoms with Crippen molar-refractivity contribution >= 4 is 23.4 Å². The van der Waals surface area contributed by atoms with Crippen molar-refractivity contribution < 1.29 is 9.53 Å². The number of aryl methyl sites for hydroxylation is 1. The summed E-state index contributed by atoms with van der Waals surface area (Å²) in [5.74, 6) is 2.09. The van der Waals surface area contributed by atoms with Crippen LogP contribution >= 0.6 is 11.8 Å². The molecule has 0 spiro atoms. The second kappa shape index (κ2) is 11.4. The summed E-state index contributed by atoms with van der Waals surface area (Å²) >= 11 is 1.45. The zero-order chi connectivity index (χ0) is 23.9. The lowest BCUT2D eigenvalue weighted by molar-refractivity contribution is -0.128. The summed E-state index contributed by atoms with van der Waals surface area (Å²) in [6.07, 6.45) is 0.762. The highest BCUT2D eigenvalue weighted by Gasteiger charge is 2.23. The van der Waals surface area contributed by atoms with Gasteiger partial charge in [0.15, 0.2) is 17.1 Å². The lowest BCUT2D eigenvalue weighted by Crippen LogP contribution is -2.49. The Labute approximate surface area is 206 Å². The maximum atomic E-state index is 12.9. The lowest BCUT2D eigenvalue weighted by Gasteiger charge is -2.36. The molecule has 1 atom stereocenters. The summed E-state index contributed by atoms with van der Waals surface area (Å²) in [4.78, 5) is 17.1. The fraction of sp³-hybridized carbons (Fsp3) is 0.423. The minimum Gasteiger partial charge on any atom is -0.483 e. The Kier molecular flexibility index (Phi) is 8.11. The molecule has 2 aromatic carbocycles. The average molecular weight is 480 g/mol. The second-order valence-electron chi connectivity index (χ2n) is 8.33. The van der Waals surface area contributed by atoms with Gasteiger partial charge in [0.1, 0.15) is 5.75 Å². The molecule has 4 rings (SSSR count). The van der Waals surface area contributed by atoms with Crippen molar-refractivity contribution in [2.24, 2.45) is 0 Å². The van der Waals surface area contributed by atoms with E-state index in [0.29, 0.717) is 5.75 Å². The van der Waals surface area contributed by atoms with Gasteiger partial charge in [0.05, 0.1) is 5.75 Å². The van der Waals surface area contributed by atoms with Crippen LogP contribution in [0.3, 0.4) is 0 Å². The Morgan fingerprint density at radius 1 is 1.00 bits per heavy atom. The largest absolute Gasteiger partial charge is 0.483 e. The molecule has 1 aliphatic heterocycles. The molecule has 0 aliphatic carbocycles. The maximum Gasteiger partial charge on any atom is 0.233 e. The minimum absolute atomic E-state index is 0.144. The van der Waals surface area contributed by atoms with E-state index in [0.717, 1.165) is 55.9 Å². The van der Waals surface area contributed by atoms with E-state index in [1.807, 2.05) is 34.6 Å². The smallest absolute Gasteiger partial charge is 0.233 e. The van der Waals surface area contributed by atoms with Crippen molar-refractivity contribution in [3.05, 3.63) is 66.0 Å². The predicted molar refractivity (Wildman–Crippen MR) is 137 cm³/mol. The SMILES string of the molecule is CCc1ccc(O[C@@H](C)c2nnc(SCC(=O)N3CCN(c4ccccc4)CC3)n2CC)cc1. The van der Waals surface area contributed by atoms with Gasteiger partial charge in [-0.1, -0.05) is 49.0 Å². The third-order valence-electron chi connectivity index (χ3n) is 6.15. The first-order valence-electron chi connectivity index (χ1n) is 12.0. The summed E-state index contributed by atoms with van der Waals surface area (Å²) in [6, 6.07) is 18.5. The van der Waals surface area contributed by atoms with Crippen LogP contribution in [0.15, 0.2) is 59.8 Å². The number of hydrogen-bond donors (Lipinski definition) is 0. The third-order valence-corrected chi connectivity index (χ3v) is 7.10. The van der Waals surface area contributed by atoms with Gasteiger partial charge in [-0.3, -0.25) is 4.79 Å². The number of amides is 1. The van der Waals surface area contributed by atoms with Crippen LogP contribution in [0.2, 0.25) is 0 Å². The minimum atomic E-state index is -0.240. The molecule has 0 bridgehead atoms. The number of nitrogens with zero attached hydrogens (tertiary/aromatic N) is 5. The van der Waals surface area contributed by atoms with Crippen LogP contribution in [0.4, 0.5) is 5.69 Å². The summed E-state index contributed by atoms with van der Waals surface area (Å²) in [6.45, 7) is 10.1. The van der Waals surface area contributed by atoms with Gasteiger partial charge in [0.25, 0.3) is 0 Å². The second-order valence-corrected chi connectivity index (χ2v) is 9.28. The molecule has 2 heterocycles. The van der Waals surface area contributed by atoms with Crippen molar-refractivity contribution in [1.29, 1.82) is 0 Å². The van der Waals surface area contributed by atoms with Crippen LogP contribution in [0, 0.1) is 0 Å². The normalized spacial score (nSPS) is 14.8. The van der Waals surface area contributed by atoms with E-state index >= 15 is 0 Å². The zero-order valence-electron chi connectivity index (χ0n) is 20.2. The van der Waals surface area contributed by atoms with E-state index in [-0.39, 0.29) is 12.0 Å². The van der Waals surface area contributed by atoms with Crippen molar-refractivity contribution in [1.82, 2.24) is 19.7 Å². The molecule has 7 nitrogen and oxygen atoms in total. The highest BCUT2D eigenvalue weighted by molar-refractivity contribution is 7.99.